The topological polar surface area (TPSA) is 57.1 Å². The van der Waals surface area contributed by atoms with Crippen LogP contribution in [-0.4, -0.2) is 62.0 Å². The van der Waals surface area contributed by atoms with Gasteiger partial charge in [0.2, 0.25) is 0 Å². The number of halogens is 1. The van der Waals surface area contributed by atoms with Gasteiger partial charge in [-0.25, -0.2) is 0 Å². The van der Waals surface area contributed by atoms with Crippen LogP contribution in [-0.2, 0) is 4.74 Å². The molecule has 2 saturated heterocycles. The van der Waals surface area contributed by atoms with Crippen LogP contribution in [0.5, 0.6) is 0 Å². The fourth-order valence-corrected chi connectivity index (χ4v) is 3.77. The predicted molar refractivity (Wildman–Crippen MR) is 126 cm³/mol. The van der Waals surface area contributed by atoms with Crippen LogP contribution in [0, 0.1) is 5.41 Å². The van der Waals surface area contributed by atoms with E-state index in [-0.39, 0.29) is 36.0 Å². The van der Waals surface area contributed by atoms with Gasteiger partial charge in [0.15, 0.2) is 5.96 Å². The molecule has 3 rings (SSSR count). The van der Waals surface area contributed by atoms with Crippen molar-refractivity contribution in [1.82, 2.24) is 10.2 Å². The summed E-state index contributed by atoms with van der Waals surface area (Å²) in [6.07, 6.45) is 6.23. The molecule has 0 bridgehead atoms. The average molecular weight is 499 g/mol. The van der Waals surface area contributed by atoms with Gasteiger partial charge < -0.3 is 20.1 Å². The summed E-state index contributed by atoms with van der Waals surface area (Å²) in [5.41, 5.74) is 2.67. The van der Waals surface area contributed by atoms with Crippen LogP contribution in [0.2, 0.25) is 0 Å². The van der Waals surface area contributed by atoms with Crippen LogP contribution in [0.1, 0.15) is 38.2 Å². The summed E-state index contributed by atoms with van der Waals surface area (Å²) >= 11 is 0. The van der Waals surface area contributed by atoms with Gasteiger partial charge in [-0.3, -0.25) is 4.99 Å². The average Bonchev–Trinajstić information content (AvgIpc) is 2.73. The Bertz CT molecular complexity index is 632. The molecule has 2 N–H and O–H groups in total. The van der Waals surface area contributed by atoms with Gasteiger partial charge in [0, 0.05) is 38.3 Å². The van der Waals surface area contributed by atoms with Gasteiger partial charge in [0.25, 0.3) is 0 Å². The zero-order valence-corrected chi connectivity index (χ0v) is 19.2. The Morgan fingerprint density at radius 1 is 1.21 bits per heavy atom. The van der Waals surface area contributed by atoms with Crippen molar-refractivity contribution in [1.29, 1.82) is 0 Å². The smallest absolute Gasteiger partial charge is 0.193 e. The van der Waals surface area contributed by atoms with E-state index in [1.165, 1.54) is 11.1 Å². The van der Waals surface area contributed by atoms with Crippen LogP contribution >= 0.6 is 24.0 Å². The van der Waals surface area contributed by atoms with Crippen LogP contribution in [0.4, 0.5) is 0 Å². The molecule has 0 atom stereocenters. The molecular formula is C22H34IN3O2. The number of likely N-dealkylation sites (tertiary alicyclic amines) is 1. The van der Waals surface area contributed by atoms with E-state index in [1.807, 2.05) is 0 Å². The van der Waals surface area contributed by atoms with Crippen molar-refractivity contribution < 1.29 is 9.84 Å². The summed E-state index contributed by atoms with van der Waals surface area (Å²) in [4.78, 5) is 7.27. The van der Waals surface area contributed by atoms with Crippen LogP contribution < -0.4 is 5.32 Å². The van der Waals surface area contributed by atoms with Crippen molar-refractivity contribution in [2.75, 3.05) is 46.0 Å². The van der Waals surface area contributed by atoms with Crippen molar-refractivity contribution in [3.05, 3.63) is 41.5 Å². The number of piperidine rings is 1. The molecule has 1 aromatic carbocycles. The molecule has 0 radical (unpaired) electrons. The summed E-state index contributed by atoms with van der Waals surface area (Å²) in [5, 5.41) is 13.3. The maximum Gasteiger partial charge on any atom is 0.193 e. The largest absolute Gasteiger partial charge is 0.396 e. The molecule has 2 aliphatic heterocycles. The summed E-state index contributed by atoms with van der Waals surface area (Å²) in [6, 6.07) is 10.6. The summed E-state index contributed by atoms with van der Waals surface area (Å²) in [5.74, 6) is 0.982. The van der Waals surface area contributed by atoms with Crippen molar-refractivity contribution in [2.45, 2.75) is 32.6 Å². The van der Waals surface area contributed by atoms with Gasteiger partial charge in [0.1, 0.15) is 0 Å². The van der Waals surface area contributed by atoms with Gasteiger partial charge in [-0.1, -0.05) is 42.0 Å². The number of ether oxygens (including phenoxy) is 1. The third-order valence-electron chi connectivity index (χ3n) is 5.66. The van der Waals surface area contributed by atoms with Crippen molar-refractivity contribution in [3.63, 3.8) is 0 Å². The molecule has 2 aliphatic rings. The van der Waals surface area contributed by atoms with E-state index in [9.17, 15) is 5.11 Å². The normalized spacial score (nSPS) is 19.7. The Hall–Kier alpha value is -1.12. The third kappa shape index (κ3) is 6.46. The highest BCUT2D eigenvalue weighted by Crippen LogP contribution is 2.30. The molecule has 0 saturated carbocycles. The predicted octanol–water partition coefficient (Wildman–Crippen LogP) is 3.54. The molecule has 0 aromatic heterocycles. The highest BCUT2D eigenvalue weighted by atomic mass is 127. The molecule has 0 spiro atoms. The standard InChI is InChI=1S/C22H33N3O2.HI/c1-2-23-21(24-17-22(18-26)10-14-27-15-11-22)25-12-8-20(9-13-25)16-19-6-4-3-5-7-19;/h3-7,16,26H,2,8-15,17-18H2,1H3,(H,23,24);1H. The lowest BCUT2D eigenvalue weighted by Crippen LogP contribution is -2.45. The van der Waals surface area contributed by atoms with Crippen molar-refractivity contribution in [2.24, 2.45) is 10.4 Å². The fourth-order valence-electron chi connectivity index (χ4n) is 3.77. The maximum atomic E-state index is 9.90. The van der Waals surface area contributed by atoms with E-state index >= 15 is 0 Å². The first-order valence-corrected chi connectivity index (χ1v) is 10.2. The van der Waals surface area contributed by atoms with Gasteiger partial charge in [-0.05, 0) is 38.2 Å². The lowest BCUT2D eigenvalue weighted by Gasteiger charge is -2.36. The number of aliphatic hydroxyl groups excluding tert-OH is 1. The van der Waals surface area contributed by atoms with Gasteiger partial charge in [0.05, 0.1) is 13.2 Å². The minimum atomic E-state index is -0.118. The molecule has 6 heteroatoms. The number of nitrogens with zero attached hydrogens (tertiary/aromatic N) is 2. The van der Waals surface area contributed by atoms with Gasteiger partial charge >= 0.3 is 0 Å². The molecule has 2 heterocycles. The number of benzene rings is 1. The van der Waals surface area contributed by atoms with Crippen LogP contribution in [0.25, 0.3) is 6.08 Å². The number of hydrogen-bond acceptors (Lipinski definition) is 3. The van der Waals surface area contributed by atoms with E-state index in [4.69, 9.17) is 9.73 Å². The summed E-state index contributed by atoms with van der Waals surface area (Å²) in [7, 11) is 0. The van der Waals surface area contributed by atoms with Crippen LogP contribution in [0.3, 0.4) is 0 Å². The fraction of sp³-hybridized carbons (Fsp3) is 0.591. The third-order valence-corrected chi connectivity index (χ3v) is 5.66. The number of guanidine groups is 1. The Morgan fingerprint density at radius 2 is 1.89 bits per heavy atom. The second-order valence-electron chi connectivity index (χ2n) is 7.64. The summed E-state index contributed by atoms with van der Waals surface area (Å²) < 4.78 is 5.47. The Morgan fingerprint density at radius 3 is 2.50 bits per heavy atom. The van der Waals surface area contributed by atoms with E-state index in [0.29, 0.717) is 6.54 Å². The number of hydrogen-bond donors (Lipinski definition) is 2. The lowest BCUT2D eigenvalue weighted by atomic mass is 9.81. The first-order valence-electron chi connectivity index (χ1n) is 10.2. The van der Waals surface area contributed by atoms with Gasteiger partial charge in [-0.2, -0.15) is 0 Å². The molecule has 1 aromatic rings. The minimum Gasteiger partial charge on any atom is -0.396 e. The van der Waals surface area contributed by atoms with E-state index in [1.54, 1.807) is 0 Å². The Kier molecular flexibility index (Phi) is 9.74. The zero-order valence-electron chi connectivity index (χ0n) is 16.9. The zero-order chi connectivity index (χ0) is 19.0. The van der Waals surface area contributed by atoms with E-state index in [0.717, 1.165) is 64.5 Å². The van der Waals surface area contributed by atoms with Gasteiger partial charge in [-0.15, -0.1) is 24.0 Å². The number of rotatable bonds is 5. The second kappa shape index (κ2) is 11.8. The van der Waals surface area contributed by atoms with Crippen molar-refractivity contribution in [3.8, 4) is 0 Å². The number of nitrogens with one attached hydrogen (secondary N) is 1. The highest BCUT2D eigenvalue weighted by molar-refractivity contribution is 14.0. The highest BCUT2D eigenvalue weighted by Gasteiger charge is 2.32. The molecule has 5 nitrogen and oxygen atoms in total. The first-order chi connectivity index (χ1) is 13.2. The molecule has 2 fully saturated rings. The number of aliphatic imine (C=N–C) groups is 1. The van der Waals surface area contributed by atoms with Crippen molar-refractivity contribution >= 4 is 36.0 Å². The summed E-state index contributed by atoms with van der Waals surface area (Å²) in [6.45, 7) is 7.24. The minimum absolute atomic E-state index is 0. The first kappa shape index (κ1) is 23.2. The quantitative estimate of drug-likeness (QED) is 0.370. The van der Waals surface area contributed by atoms with E-state index in [2.05, 4.69) is 53.5 Å². The maximum absolute atomic E-state index is 9.90. The molecular weight excluding hydrogens is 465 g/mol. The molecule has 156 valence electrons. The second-order valence-corrected chi connectivity index (χ2v) is 7.64. The molecule has 0 unspecified atom stereocenters. The SMILES string of the molecule is CCNC(=NCC1(CO)CCOCC1)N1CCC(=Cc2ccccc2)CC1.I. The Labute approximate surface area is 186 Å². The van der Waals surface area contributed by atoms with Crippen LogP contribution in [0.15, 0.2) is 40.9 Å². The lowest BCUT2D eigenvalue weighted by molar-refractivity contribution is -0.0107. The monoisotopic (exact) mass is 499 g/mol. The molecule has 28 heavy (non-hydrogen) atoms. The number of aliphatic hydroxyl groups is 1. The molecule has 0 aliphatic carbocycles. The molecule has 0 amide bonds. The van der Waals surface area contributed by atoms with E-state index < -0.39 is 0 Å². The Balaban J connectivity index is 0.00000280.